The van der Waals surface area contributed by atoms with Gasteiger partial charge in [-0.25, -0.2) is 14.8 Å². The molecule has 1 atom stereocenters. The third-order valence-electron chi connectivity index (χ3n) is 4.74. The largest absolute Gasteiger partial charge is 0.337 e. The van der Waals surface area contributed by atoms with E-state index in [-0.39, 0.29) is 17.9 Å². The summed E-state index contributed by atoms with van der Waals surface area (Å²) in [6.07, 6.45) is 3.40. The molecular formula is C20H25ClN6O2. The van der Waals surface area contributed by atoms with Gasteiger partial charge in [0, 0.05) is 49.3 Å². The van der Waals surface area contributed by atoms with Crippen molar-refractivity contribution >= 4 is 35.2 Å². The summed E-state index contributed by atoms with van der Waals surface area (Å²) in [4.78, 5) is 37.7. The van der Waals surface area contributed by atoms with Gasteiger partial charge in [0.1, 0.15) is 6.04 Å². The second kappa shape index (κ2) is 9.56. The highest BCUT2D eigenvalue weighted by Crippen LogP contribution is 2.15. The molecule has 9 heteroatoms. The van der Waals surface area contributed by atoms with E-state index in [1.807, 2.05) is 18.7 Å². The van der Waals surface area contributed by atoms with Gasteiger partial charge in [0.15, 0.2) is 0 Å². The predicted octanol–water partition coefficient (Wildman–Crippen LogP) is 2.62. The van der Waals surface area contributed by atoms with Crippen LogP contribution in [-0.4, -0.2) is 59.0 Å². The van der Waals surface area contributed by atoms with E-state index >= 15 is 0 Å². The van der Waals surface area contributed by atoms with Gasteiger partial charge in [0.25, 0.3) is 0 Å². The minimum absolute atomic E-state index is 0.0646. The number of nitrogens with zero attached hydrogens (tertiary/aromatic N) is 4. The standard InChI is InChI=1S/C20H25ClN6O2/c1-14(2)17(18(28)24-16-6-4-15(21)5-7-16)25-20(29)27-12-10-26(11-13-27)19-22-8-3-9-23-19/h3-9,14,17H,10-13H2,1-2H3,(H,24,28)(H,25,29)/t17-/m0/s1. The predicted molar refractivity (Wildman–Crippen MR) is 113 cm³/mol. The Morgan fingerprint density at radius 1 is 1.03 bits per heavy atom. The van der Waals surface area contributed by atoms with Crippen LogP contribution in [0.3, 0.4) is 0 Å². The number of nitrogens with one attached hydrogen (secondary N) is 2. The SMILES string of the molecule is CC(C)[C@H](NC(=O)N1CCN(c2ncccn2)CC1)C(=O)Nc1ccc(Cl)cc1. The van der Waals surface area contributed by atoms with E-state index < -0.39 is 6.04 Å². The summed E-state index contributed by atoms with van der Waals surface area (Å²) in [5.41, 5.74) is 0.635. The molecule has 1 saturated heterocycles. The Bertz CT molecular complexity index is 823. The molecule has 1 aliphatic heterocycles. The first-order valence-electron chi connectivity index (χ1n) is 9.58. The molecule has 2 heterocycles. The minimum atomic E-state index is -0.645. The van der Waals surface area contributed by atoms with Crippen LogP contribution in [0, 0.1) is 5.92 Å². The van der Waals surface area contributed by atoms with Gasteiger partial charge in [-0.15, -0.1) is 0 Å². The van der Waals surface area contributed by atoms with Gasteiger partial charge in [-0.05, 0) is 36.2 Å². The van der Waals surface area contributed by atoms with Gasteiger partial charge in [-0.2, -0.15) is 0 Å². The molecule has 0 unspecified atom stereocenters. The van der Waals surface area contributed by atoms with Crippen LogP contribution < -0.4 is 15.5 Å². The number of hydrogen-bond donors (Lipinski definition) is 2. The molecule has 0 spiro atoms. The average molecular weight is 417 g/mol. The number of amides is 3. The summed E-state index contributed by atoms with van der Waals surface area (Å²) in [5.74, 6) is 0.340. The van der Waals surface area contributed by atoms with E-state index in [9.17, 15) is 9.59 Å². The van der Waals surface area contributed by atoms with Crippen molar-refractivity contribution in [3.05, 3.63) is 47.7 Å². The lowest BCUT2D eigenvalue weighted by molar-refractivity contribution is -0.118. The van der Waals surface area contributed by atoms with E-state index in [0.717, 1.165) is 0 Å². The molecule has 2 aromatic rings. The summed E-state index contributed by atoms with van der Waals surface area (Å²) in [5, 5.41) is 6.30. The number of rotatable bonds is 5. The van der Waals surface area contributed by atoms with Crippen LogP contribution in [0.25, 0.3) is 0 Å². The molecule has 2 N–H and O–H groups in total. The maximum absolute atomic E-state index is 12.7. The minimum Gasteiger partial charge on any atom is -0.337 e. The van der Waals surface area contributed by atoms with Crippen molar-refractivity contribution in [2.24, 2.45) is 5.92 Å². The van der Waals surface area contributed by atoms with E-state index in [1.54, 1.807) is 47.6 Å². The molecule has 29 heavy (non-hydrogen) atoms. The van der Waals surface area contributed by atoms with Crippen molar-refractivity contribution in [1.82, 2.24) is 20.2 Å². The smallest absolute Gasteiger partial charge is 0.318 e. The van der Waals surface area contributed by atoms with Gasteiger partial charge in [-0.3, -0.25) is 4.79 Å². The Morgan fingerprint density at radius 2 is 1.66 bits per heavy atom. The topological polar surface area (TPSA) is 90.5 Å². The first kappa shape index (κ1) is 20.9. The Balaban J connectivity index is 1.55. The fourth-order valence-electron chi connectivity index (χ4n) is 3.08. The molecular weight excluding hydrogens is 392 g/mol. The monoisotopic (exact) mass is 416 g/mol. The van der Waals surface area contributed by atoms with Crippen molar-refractivity contribution in [3.8, 4) is 0 Å². The molecule has 0 saturated carbocycles. The molecule has 0 aliphatic carbocycles. The average Bonchev–Trinajstić information content (AvgIpc) is 2.74. The van der Waals surface area contributed by atoms with Crippen LogP contribution in [0.5, 0.6) is 0 Å². The quantitative estimate of drug-likeness (QED) is 0.781. The summed E-state index contributed by atoms with van der Waals surface area (Å²) < 4.78 is 0. The number of carbonyl (C=O) groups excluding carboxylic acids is 2. The third-order valence-corrected chi connectivity index (χ3v) is 4.99. The molecule has 3 rings (SSSR count). The Labute approximate surface area is 175 Å². The third kappa shape index (κ3) is 5.57. The number of aromatic nitrogens is 2. The van der Waals surface area contributed by atoms with E-state index in [0.29, 0.717) is 42.8 Å². The zero-order valence-corrected chi connectivity index (χ0v) is 17.3. The van der Waals surface area contributed by atoms with Crippen LogP contribution in [0.4, 0.5) is 16.4 Å². The first-order chi connectivity index (χ1) is 13.9. The van der Waals surface area contributed by atoms with Gasteiger partial charge >= 0.3 is 6.03 Å². The van der Waals surface area contributed by atoms with Crippen LogP contribution in [-0.2, 0) is 4.79 Å². The van der Waals surface area contributed by atoms with Gasteiger partial charge in [-0.1, -0.05) is 25.4 Å². The summed E-state index contributed by atoms with van der Waals surface area (Å²) in [6, 6.07) is 7.74. The van der Waals surface area contributed by atoms with Crippen LogP contribution in [0.2, 0.25) is 5.02 Å². The van der Waals surface area contributed by atoms with Gasteiger partial charge < -0.3 is 20.4 Å². The fourth-order valence-corrected chi connectivity index (χ4v) is 3.20. The summed E-state index contributed by atoms with van der Waals surface area (Å²) in [7, 11) is 0. The number of halogens is 1. The van der Waals surface area contributed by atoms with E-state index in [4.69, 9.17) is 11.6 Å². The molecule has 8 nitrogen and oxygen atoms in total. The molecule has 1 aliphatic rings. The molecule has 0 radical (unpaired) electrons. The Morgan fingerprint density at radius 3 is 2.24 bits per heavy atom. The summed E-state index contributed by atoms with van der Waals surface area (Å²) in [6.45, 7) is 6.15. The molecule has 1 aromatic heterocycles. The number of urea groups is 1. The molecule has 0 bridgehead atoms. The van der Waals surface area contributed by atoms with Crippen molar-refractivity contribution in [3.63, 3.8) is 0 Å². The highest BCUT2D eigenvalue weighted by atomic mass is 35.5. The van der Waals surface area contributed by atoms with Crippen molar-refractivity contribution in [2.45, 2.75) is 19.9 Å². The Hall–Kier alpha value is -2.87. The molecule has 3 amide bonds. The molecule has 154 valence electrons. The zero-order valence-electron chi connectivity index (χ0n) is 16.5. The number of carbonyl (C=O) groups is 2. The number of anilines is 2. The van der Waals surface area contributed by atoms with Crippen LogP contribution in [0.15, 0.2) is 42.7 Å². The number of benzene rings is 1. The number of hydrogen-bond acceptors (Lipinski definition) is 5. The lowest BCUT2D eigenvalue weighted by atomic mass is 10.0. The maximum Gasteiger partial charge on any atom is 0.318 e. The van der Waals surface area contributed by atoms with Gasteiger partial charge in [0.05, 0.1) is 0 Å². The Kier molecular flexibility index (Phi) is 6.87. The molecule has 1 fully saturated rings. The highest BCUT2D eigenvalue weighted by Gasteiger charge is 2.28. The summed E-state index contributed by atoms with van der Waals surface area (Å²) >= 11 is 5.88. The van der Waals surface area contributed by atoms with Crippen LogP contribution in [0.1, 0.15) is 13.8 Å². The maximum atomic E-state index is 12.7. The van der Waals surface area contributed by atoms with Crippen molar-refractivity contribution in [2.75, 3.05) is 36.4 Å². The second-order valence-electron chi connectivity index (χ2n) is 7.19. The molecule has 1 aromatic carbocycles. The lowest BCUT2D eigenvalue weighted by Gasteiger charge is -2.35. The van der Waals surface area contributed by atoms with Crippen LogP contribution >= 0.6 is 11.6 Å². The van der Waals surface area contributed by atoms with Crippen molar-refractivity contribution in [1.29, 1.82) is 0 Å². The number of piperazine rings is 1. The van der Waals surface area contributed by atoms with Gasteiger partial charge in [0.2, 0.25) is 11.9 Å². The highest BCUT2D eigenvalue weighted by molar-refractivity contribution is 6.30. The van der Waals surface area contributed by atoms with Crippen molar-refractivity contribution < 1.29 is 9.59 Å². The fraction of sp³-hybridized carbons (Fsp3) is 0.400. The first-order valence-corrected chi connectivity index (χ1v) is 9.95. The van der Waals surface area contributed by atoms with E-state index in [1.165, 1.54) is 0 Å². The normalized spacial score (nSPS) is 15.2. The second-order valence-corrected chi connectivity index (χ2v) is 7.63. The zero-order chi connectivity index (χ0) is 20.8. The van der Waals surface area contributed by atoms with E-state index in [2.05, 4.69) is 20.6 Å². The lowest BCUT2D eigenvalue weighted by Crippen LogP contribution is -2.56.